The van der Waals surface area contributed by atoms with Gasteiger partial charge < -0.3 is 5.73 Å². The van der Waals surface area contributed by atoms with Gasteiger partial charge in [0.15, 0.2) is 5.78 Å². The number of aliphatic imine (C=N–C) groups is 1. The van der Waals surface area contributed by atoms with Gasteiger partial charge in [0.25, 0.3) is 0 Å². The molecule has 0 radical (unpaired) electrons. The van der Waals surface area contributed by atoms with Crippen molar-refractivity contribution in [2.45, 2.75) is 6.92 Å². The van der Waals surface area contributed by atoms with E-state index in [0.29, 0.717) is 16.8 Å². The molecule has 0 saturated heterocycles. The molecule has 1 atom stereocenters. The Kier molecular flexibility index (Phi) is 3.06. The number of primary amides is 1. The molecule has 1 amide bonds. The molecular weight excluding hydrogens is 235 g/mol. The standard InChI is InChI=1S/C13H11FN2O2/c1-7-11(8-2-4-9(14)5-3-8)12(17)10(6-16-7)13(15)18/h2-6,10H,1H3,(H2,15,18). The topological polar surface area (TPSA) is 72.5 Å². The monoisotopic (exact) mass is 246 g/mol. The number of allylic oxidation sites excluding steroid dienone is 2. The number of hydrogen-bond donors (Lipinski definition) is 1. The molecule has 2 rings (SSSR count). The molecule has 1 aromatic rings. The van der Waals surface area contributed by atoms with Crippen LogP contribution in [0.3, 0.4) is 0 Å². The highest BCUT2D eigenvalue weighted by molar-refractivity contribution is 6.34. The van der Waals surface area contributed by atoms with Crippen LogP contribution in [-0.4, -0.2) is 17.9 Å². The fourth-order valence-electron chi connectivity index (χ4n) is 1.82. The Hall–Kier alpha value is -2.30. The third-order valence-corrected chi connectivity index (χ3v) is 2.75. The number of rotatable bonds is 2. The highest BCUT2D eigenvalue weighted by atomic mass is 19.1. The van der Waals surface area contributed by atoms with Crippen LogP contribution in [0.25, 0.3) is 5.57 Å². The number of carbonyl (C=O) groups is 2. The van der Waals surface area contributed by atoms with Gasteiger partial charge in [0.2, 0.25) is 5.91 Å². The number of carbonyl (C=O) groups excluding carboxylic acids is 2. The number of Topliss-reactive ketones (excluding diaryl/α,β-unsaturated/α-hetero) is 1. The summed E-state index contributed by atoms with van der Waals surface area (Å²) in [5.74, 6) is -2.58. The Morgan fingerprint density at radius 3 is 2.50 bits per heavy atom. The lowest BCUT2D eigenvalue weighted by Gasteiger charge is -2.17. The van der Waals surface area contributed by atoms with E-state index in [9.17, 15) is 14.0 Å². The molecule has 1 aliphatic heterocycles. The van der Waals surface area contributed by atoms with E-state index in [2.05, 4.69) is 4.99 Å². The molecule has 0 saturated carbocycles. The Morgan fingerprint density at radius 2 is 1.94 bits per heavy atom. The maximum absolute atomic E-state index is 12.8. The summed E-state index contributed by atoms with van der Waals surface area (Å²) in [6.07, 6.45) is 1.24. The number of hydrogen-bond acceptors (Lipinski definition) is 3. The normalized spacial score (nSPS) is 19.2. The smallest absolute Gasteiger partial charge is 0.233 e. The largest absolute Gasteiger partial charge is 0.369 e. The first-order valence-corrected chi connectivity index (χ1v) is 5.35. The number of benzene rings is 1. The predicted octanol–water partition coefficient (Wildman–Crippen LogP) is 1.31. The lowest BCUT2D eigenvalue weighted by atomic mass is 9.89. The fraction of sp³-hybridized carbons (Fsp3) is 0.154. The van der Waals surface area contributed by atoms with E-state index in [4.69, 9.17) is 5.73 Å². The summed E-state index contributed by atoms with van der Waals surface area (Å²) in [5.41, 5.74) is 6.46. The zero-order valence-corrected chi connectivity index (χ0v) is 9.68. The molecule has 0 fully saturated rings. The summed E-state index contributed by atoms with van der Waals surface area (Å²) in [5, 5.41) is 0. The Balaban J connectivity index is 2.48. The average Bonchev–Trinajstić information content (AvgIpc) is 2.31. The highest BCUT2D eigenvalue weighted by Crippen LogP contribution is 2.26. The Bertz CT molecular complexity index is 573. The van der Waals surface area contributed by atoms with Crippen LogP contribution in [0.4, 0.5) is 4.39 Å². The van der Waals surface area contributed by atoms with Gasteiger partial charge in [-0.15, -0.1) is 0 Å². The van der Waals surface area contributed by atoms with Gasteiger partial charge in [0.05, 0.1) is 0 Å². The van der Waals surface area contributed by atoms with E-state index < -0.39 is 23.4 Å². The summed E-state index contributed by atoms with van der Waals surface area (Å²) in [6.45, 7) is 1.66. The second-order valence-electron chi connectivity index (χ2n) is 3.99. The minimum absolute atomic E-state index is 0.307. The van der Waals surface area contributed by atoms with Gasteiger partial charge in [-0.05, 0) is 24.6 Å². The first kappa shape index (κ1) is 12.2. The van der Waals surface area contributed by atoms with Crippen molar-refractivity contribution < 1.29 is 14.0 Å². The molecule has 0 spiro atoms. The molecule has 0 bridgehead atoms. The molecular formula is C13H11FN2O2. The SMILES string of the molecule is CC1=C(c2ccc(F)cc2)C(=O)C(C(N)=O)C=N1. The van der Waals surface area contributed by atoms with Crippen LogP contribution in [0.2, 0.25) is 0 Å². The lowest BCUT2D eigenvalue weighted by Crippen LogP contribution is -2.34. The van der Waals surface area contributed by atoms with Crippen molar-refractivity contribution in [1.82, 2.24) is 0 Å². The number of amides is 1. The van der Waals surface area contributed by atoms with E-state index in [0.717, 1.165) is 0 Å². The van der Waals surface area contributed by atoms with Crippen molar-refractivity contribution in [3.63, 3.8) is 0 Å². The molecule has 4 nitrogen and oxygen atoms in total. The summed E-state index contributed by atoms with van der Waals surface area (Å²) in [7, 11) is 0. The minimum atomic E-state index is -1.05. The third kappa shape index (κ3) is 2.07. The maximum atomic E-state index is 12.8. The fourth-order valence-corrected chi connectivity index (χ4v) is 1.82. The van der Waals surface area contributed by atoms with E-state index in [1.165, 1.54) is 30.5 Å². The van der Waals surface area contributed by atoms with Gasteiger partial charge in [-0.3, -0.25) is 14.6 Å². The molecule has 5 heteroatoms. The third-order valence-electron chi connectivity index (χ3n) is 2.75. The summed E-state index contributed by atoms with van der Waals surface area (Å²) < 4.78 is 12.8. The molecule has 1 aromatic carbocycles. The van der Waals surface area contributed by atoms with Crippen molar-refractivity contribution in [3.8, 4) is 0 Å². The first-order chi connectivity index (χ1) is 8.50. The molecule has 92 valence electrons. The highest BCUT2D eigenvalue weighted by Gasteiger charge is 2.30. The van der Waals surface area contributed by atoms with Crippen LogP contribution in [0.15, 0.2) is 35.0 Å². The maximum Gasteiger partial charge on any atom is 0.233 e. The molecule has 1 heterocycles. The Morgan fingerprint density at radius 1 is 1.33 bits per heavy atom. The van der Waals surface area contributed by atoms with E-state index in [1.54, 1.807) is 6.92 Å². The van der Waals surface area contributed by atoms with E-state index in [1.807, 2.05) is 0 Å². The zero-order valence-electron chi connectivity index (χ0n) is 9.68. The second-order valence-corrected chi connectivity index (χ2v) is 3.99. The van der Waals surface area contributed by atoms with Crippen molar-refractivity contribution in [3.05, 3.63) is 41.3 Å². The molecule has 2 N–H and O–H groups in total. The van der Waals surface area contributed by atoms with Gasteiger partial charge in [-0.25, -0.2) is 4.39 Å². The zero-order chi connectivity index (χ0) is 13.3. The van der Waals surface area contributed by atoms with Gasteiger partial charge in [0.1, 0.15) is 11.7 Å². The van der Waals surface area contributed by atoms with E-state index in [-0.39, 0.29) is 0 Å². The summed E-state index contributed by atoms with van der Waals surface area (Å²) >= 11 is 0. The molecule has 1 aliphatic rings. The van der Waals surface area contributed by atoms with Crippen LogP contribution in [-0.2, 0) is 9.59 Å². The quantitative estimate of drug-likeness (QED) is 0.799. The number of nitrogens with zero attached hydrogens (tertiary/aromatic N) is 1. The Labute approximate surface area is 103 Å². The minimum Gasteiger partial charge on any atom is -0.369 e. The molecule has 0 aromatic heterocycles. The lowest BCUT2D eigenvalue weighted by molar-refractivity contribution is -0.126. The molecule has 0 aliphatic carbocycles. The van der Waals surface area contributed by atoms with E-state index >= 15 is 0 Å². The summed E-state index contributed by atoms with van der Waals surface area (Å²) in [6, 6.07) is 5.46. The van der Waals surface area contributed by atoms with Crippen LogP contribution < -0.4 is 5.73 Å². The average molecular weight is 246 g/mol. The van der Waals surface area contributed by atoms with Crippen LogP contribution in [0.5, 0.6) is 0 Å². The summed E-state index contributed by atoms with van der Waals surface area (Å²) in [4.78, 5) is 27.3. The predicted molar refractivity (Wildman–Crippen MR) is 65.2 cm³/mol. The van der Waals surface area contributed by atoms with Crippen LogP contribution in [0, 0.1) is 11.7 Å². The van der Waals surface area contributed by atoms with Crippen LogP contribution >= 0.6 is 0 Å². The van der Waals surface area contributed by atoms with Crippen molar-refractivity contribution in [1.29, 1.82) is 0 Å². The van der Waals surface area contributed by atoms with Crippen molar-refractivity contribution >= 4 is 23.5 Å². The number of ketones is 1. The number of halogens is 1. The van der Waals surface area contributed by atoms with Gasteiger partial charge in [-0.1, -0.05) is 12.1 Å². The van der Waals surface area contributed by atoms with Gasteiger partial charge in [-0.2, -0.15) is 0 Å². The molecule has 1 unspecified atom stereocenters. The van der Waals surface area contributed by atoms with Crippen LogP contribution in [0.1, 0.15) is 12.5 Å². The van der Waals surface area contributed by atoms with Gasteiger partial charge >= 0.3 is 0 Å². The second kappa shape index (κ2) is 4.52. The van der Waals surface area contributed by atoms with Gasteiger partial charge in [0, 0.05) is 17.5 Å². The van der Waals surface area contributed by atoms with Crippen molar-refractivity contribution in [2.75, 3.05) is 0 Å². The molecule has 18 heavy (non-hydrogen) atoms. The van der Waals surface area contributed by atoms with Crippen molar-refractivity contribution in [2.24, 2.45) is 16.6 Å². The number of nitrogens with two attached hydrogens (primary N) is 1. The first-order valence-electron chi connectivity index (χ1n) is 5.35.